The largest absolute Gasteiger partial charge is 0.492 e. The van der Waals surface area contributed by atoms with Gasteiger partial charge in [-0.05, 0) is 28.1 Å². The van der Waals surface area contributed by atoms with Crippen LogP contribution in [0.1, 0.15) is 0 Å². The molecule has 0 amide bonds. The Hall–Kier alpha value is -0.280. The number of halogens is 3. The quantitative estimate of drug-likeness (QED) is 0.731. The van der Waals surface area contributed by atoms with E-state index in [-0.39, 0.29) is 5.75 Å². The van der Waals surface area contributed by atoms with Gasteiger partial charge in [0.1, 0.15) is 0 Å². The minimum Gasteiger partial charge on any atom is -0.492 e. The third-order valence-electron chi connectivity index (χ3n) is 1.17. The summed E-state index contributed by atoms with van der Waals surface area (Å²) in [6, 6.07) is 2.77. The first-order valence-corrected chi connectivity index (χ1v) is 4.00. The molecule has 0 heterocycles. The molecule has 1 aromatic rings. The second-order valence-electron chi connectivity index (χ2n) is 1.90. The van der Waals surface area contributed by atoms with Crippen LogP contribution in [0.15, 0.2) is 16.6 Å². The summed E-state index contributed by atoms with van der Waals surface area (Å²) in [5.74, 6) is -0.290. The van der Waals surface area contributed by atoms with Crippen molar-refractivity contribution in [1.82, 2.24) is 0 Å². The van der Waals surface area contributed by atoms with E-state index in [1.807, 2.05) is 0 Å². The molecule has 0 aromatic heterocycles. The van der Waals surface area contributed by atoms with Crippen LogP contribution >= 0.6 is 27.5 Å². The maximum absolute atomic E-state index is 12.9. The van der Waals surface area contributed by atoms with Crippen LogP contribution in [0.3, 0.4) is 0 Å². The lowest BCUT2D eigenvalue weighted by atomic mass is 10.3. The predicted octanol–water partition coefficient (Wildman–Crippen LogP) is 3.25. The highest BCUT2D eigenvalue weighted by atomic mass is 79.9. The summed E-state index contributed by atoms with van der Waals surface area (Å²) in [5, 5.41) is 0.343. The van der Waals surface area contributed by atoms with Gasteiger partial charge in [-0.1, -0.05) is 11.6 Å². The van der Waals surface area contributed by atoms with Gasteiger partial charge >= 0.3 is 0 Å². The van der Waals surface area contributed by atoms with E-state index in [4.69, 9.17) is 16.3 Å². The summed E-state index contributed by atoms with van der Waals surface area (Å²) in [5.41, 5.74) is 0. The van der Waals surface area contributed by atoms with Crippen molar-refractivity contribution < 1.29 is 9.13 Å². The summed E-state index contributed by atoms with van der Waals surface area (Å²) < 4.78 is 18.1. The highest BCUT2D eigenvalue weighted by Gasteiger charge is 2.07. The van der Waals surface area contributed by atoms with Crippen LogP contribution in [0, 0.1) is 5.82 Å². The van der Waals surface area contributed by atoms with Gasteiger partial charge in [0.05, 0.1) is 11.6 Å². The molecule has 4 heteroatoms. The first kappa shape index (κ1) is 8.81. The molecule has 0 atom stereocenters. The lowest BCUT2D eigenvalue weighted by Gasteiger charge is -2.03. The molecule has 11 heavy (non-hydrogen) atoms. The van der Waals surface area contributed by atoms with Gasteiger partial charge in [0, 0.05) is 5.02 Å². The Morgan fingerprint density at radius 3 is 2.64 bits per heavy atom. The lowest BCUT2D eigenvalue weighted by molar-refractivity contribution is 0.384. The molecule has 1 aromatic carbocycles. The molecule has 0 aliphatic rings. The van der Waals surface area contributed by atoms with Crippen molar-refractivity contribution in [3.05, 3.63) is 27.4 Å². The van der Waals surface area contributed by atoms with Gasteiger partial charge in [0.15, 0.2) is 11.6 Å². The Kier molecular flexibility index (Phi) is 2.73. The van der Waals surface area contributed by atoms with Gasteiger partial charge < -0.3 is 4.74 Å². The first-order chi connectivity index (χ1) is 5.15. The number of hydrogen-bond donors (Lipinski definition) is 0. The van der Waals surface area contributed by atoms with Crippen molar-refractivity contribution in [2.45, 2.75) is 0 Å². The van der Waals surface area contributed by atoms with Gasteiger partial charge in [0.25, 0.3) is 0 Å². The second-order valence-corrected chi connectivity index (χ2v) is 3.19. The smallest absolute Gasteiger partial charge is 0.168 e. The molecule has 0 unspecified atom stereocenters. The minimum absolute atomic E-state index is 0.175. The molecule has 0 fully saturated rings. The van der Waals surface area contributed by atoms with Gasteiger partial charge in [0.2, 0.25) is 0 Å². The Morgan fingerprint density at radius 2 is 2.18 bits per heavy atom. The average Bonchev–Trinajstić information content (AvgIpc) is 1.85. The van der Waals surface area contributed by atoms with Crippen molar-refractivity contribution in [1.29, 1.82) is 0 Å². The topological polar surface area (TPSA) is 9.23 Å². The summed E-state index contributed by atoms with van der Waals surface area (Å²) in [4.78, 5) is 0. The fraction of sp³-hybridized carbons (Fsp3) is 0.143. The molecule has 0 bridgehead atoms. The molecular formula is C7H5BrClFO. The molecule has 0 saturated carbocycles. The summed E-state index contributed by atoms with van der Waals surface area (Å²) in [6.07, 6.45) is 0. The standard InChI is InChI=1S/C7H5BrClFO/c1-11-7-5(8)2-4(9)3-6(7)10/h2-3H,1H3. The number of methoxy groups -OCH3 is 1. The van der Waals surface area contributed by atoms with E-state index in [2.05, 4.69) is 15.9 Å². The Balaban J connectivity index is 3.25. The predicted molar refractivity (Wildman–Crippen MR) is 45.7 cm³/mol. The lowest BCUT2D eigenvalue weighted by Crippen LogP contribution is -1.88. The van der Waals surface area contributed by atoms with E-state index in [9.17, 15) is 4.39 Å². The summed E-state index contributed by atoms with van der Waals surface area (Å²) in [6.45, 7) is 0. The molecule has 0 saturated heterocycles. The third-order valence-corrected chi connectivity index (χ3v) is 1.97. The number of ether oxygens (including phenoxy) is 1. The first-order valence-electron chi connectivity index (χ1n) is 2.83. The van der Waals surface area contributed by atoms with Gasteiger partial charge in [-0.15, -0.1) is 0 Å². The zero-order valence-electron chi connectivity index (χ0n) is 5.70. The Bertz CT molecular complexity index is 254. The van der Waals surface area contributed by atoms with E-state index < -0.39 is 5.82 Å². The van der Waals surface area contributed by atoms with Crippen LogP contribution < -0.4 is 4.74 Å². The third kappa shape index (κ3) is 1.84. The number of benzene rings is 1. The molecule has 0 aliphatic carbocycles. The molecule has 1 rings (SSSR count). The maximum Gasteiger partial charge on any atom is 0.168 e. The molecular weight excluding hydrogens is 234 g/mol. The van der Waals surface area contributed by atoms with E-state index in [1.165, 1.54) is 13.2 Å². The fourth-order valence-electron chi connectivity index (χ4n) is 0.724. The molecule has 0 aliphatic heterocycles. The average molecular weight is 239 g/mol. The molecule has 0 spiro atoms. The molecule has 60 valence electrons. The second kappa shape index (κ2) is 3.41. The van der Waals surface area contributed by atoms with Crippen molar-refractivity contribution in [2.24, 2.45) is 0 Å². The van der Waals surface area contributed by atoms with Crippen LogP contribution in [0.2, 0.25) is 5.02 Å². The Morgan fingerprint density at radius 1 is 1.55 bits per heavy atom. The highest BCUT2D eigenvalue weighted by Crippen LogP contribution is 2.30. The zero-order chi connectivity index (χ0) is 8.43. The Labute approximate surface area is 77.2 Å². The van der Waals surface area contributed by atoms with Crippen LogP contribution in [-0.2, 0) is 0 Å². The minimum atomic E-state index is -0.466. The van der Waals surface area contributed by atoms with Crippen LogP contribution in [0.4, 0.5) is 4.39 Å². The zero-order valence-corrected chi connectivity index (χ0v) is 8.04. The summed E-state index contributed by atoms with van der Waals surface area (Å²) >= 11 is 8.66. The van der Waals surface area contributed by atoms with Crippen molar-refractivity contribution in [3.63, 3.8) is 0 Å². The van der Waals surface area contributed by atoms with E-state index in [0.29, 0.717) is 9.50 Å². The number of hydrogen-bond acceptors (Lipinski definition) is 1. The summed E-state index contributed by atoms with van der Waals surface area (Å²) in [7, 11) is 1.40. The van der Waals surface area contributed by atoms with Crippen molar-refractivity contribution in [2.75, 3.05) is 7.11 Å². The van der Waals surface area contributed by atoms with E-state index >= 15 is 0 Å². The van der Waals surface area contributed by atoms with Crippen molar-refractivity contribution in [3.8, 4) is 5.75 Å². The van der Waals surface area contributed by atoms with Crippen LogP contribution in [0.25, 0.3) is 0 Å². The van der Waals surface area contributed by atoms with Crippen molar-refractivity contribution >= 4 is 27.5 Å². The number of rotatable bonds is 1. The van der Waals surface area contributed by atoms with E-state index in [1.54, 1.807) is 6.07 Å². The van der Waals surface area contributed by atoms with Crippen LogP contribution in [0.5, 0.6) is 5.75 Å². The highest BCUT2D eigenvalue weighted by molar-refractivity contribution is 9.10. The van der Waals surface area contributed by atoms with Gasteiger partial charge in [-0.3, -0.25) is 0 Å². The maximum atomic E-state index is 12.9. The van der Waals surface area contributed by atoms with Gasteiger partial charge in [-0.25, -0.2) is 4.39 Å². The SMILES string of the molecule is COc1c(F)cc(Cl)cc1Br. The molecule has 0 radical (unpaired) electrons. The molecule has 1 nitrogen and oxygen atoms in total. The molecule has 0 N–H and O–H groups in total. The van der Waals surface area contributed by atoms with Crippen LogP contribution in [-0.4, -0.2) is 7.11 Å². The monoisotopic (exact) mass is 238 g/mol. The fourth-order valence-corrected chi connectivity index (χ4v) is 1.66. The van der Waals surface area contributed by atoms with E-state index in [0.717, 1.165) is 0 Å². The normalized spacial score (nSPS) is 9.82. The van der Waals surface area contributed by atoms with Gasteiger partial charge in [-0.2, -0.15) is 0 Å².